The molecular formula is C14H27N7O5S. The molecule has 13 heteroatoms. The van der Waals surface area contributed by atoms with Gasteiger partial charge in [0, 0.05) is 12.3 Å². The molecule has 3 unspecified atom stereocenters. The molecule has 10 N–H and O–H groups in total. The lowest BCUT2D eigenvalue weighted by Crippen LogP contribution is -2.56. The van der Waals surface area contributed by atoms with Gasteiger partial charge in [-0.1, -0.05) is 0 Å². The van der Waals surface area contributed by atoms with E-state index in [1.165, 1.54) is 6.92 Å². The van der Waals surface area contributed by atoms with Gasteiger partial charge >= 0.3 is 5.97 Å². The number of rotatable bonds is 12. The van der Waals surface area contributed by atoms with Gasteiger partial charge in [-0.15, -0.1) is 0 Å². The maximum Gasteiger partial charge on any atom is 0.322 e. The van der Waals surface area contributed by atoms with Crippen molar-refractivity contribution in [2.24, 2.45) is 22.2 Å². The van der Waals surface area contributed by atoms with Crippen LogP contribution < -0.4 is 33.2 Å². The minimum atomic E-state index is -1.23. The molecule has 0 aromatic rings. The lowest BCUT2D eigenvalue weighted by atomic mass is 10.1. The van der Waals surface area contributed by atoms with E-state index in [1.54, 1.807) is 0 Å². The van der Waals surface area contributed by atoms with Gasteiger partial charge in [0.25, 0.3) is 0 Å². The Morgan fingerprint density at radius 1 is 1.07 bits per heavy atom. The quantitative estimate of drug-likeness (QED) is 0.0703. The number of nitrogens with two attached hydrogens (primary N) is 3. The van der Waals surface area contributed by atoms with E-state index >= 15 is 0 Å². The molecule has 0 rings (SSSR count). The first kappa shape index (κ1) is 24.5. The number of nitrogens with zero attached hydrogens (tertiary/aromatic N) is 1. The van der Waals surface area contributed by atoms with Crippen LogP contribution in [0.25, 0.3) is 0 Å². The van der Waals surface area contributed by atoms with Crippen LogP contribution in [-0.4, -0.2) is 71.7 Å². The molecule has 0 saturated carbocycles. The first-order chi connectivity index (χ1) is 12.6. The second-order valence-electron chi connectivity index (χ2n) is 5.65. The summed E-state index contributed by atoms with van der Waals surface area (Å²) in [6.45, 7) is 1.11. The van der Waals surface area contributed by atoms with Crippen molar-refractivity contribution in [1.29, 1.82) is 0 Å². The van der Waals surface area contributed by atoms with Crippen LogP contribution in [0.5, 0.6) is 0 Å². The number of carboxylic acids is 1. The van der Waals surface area contributed by atoms with Crippen molar-refractivity contribution in [1.82, 2.24) is 16.0 Å². The predicted octanol–water partition coefficient (Wildman–Crippen LogP) is -3.51. The first-order valence-corrected chi connectivity index (χ1v) is 8.73. The Morgan fingerprint density at radius 3 is 2.15 bits per heavy atom. The normalized spacial score (nSPS) is 13.6. The highest BCUT2D eigenvalue weighted by Gasteiger charge is 2.26. The maximum absolute atomic E-state index is 12.5. The molecule has 27 heavy (non-hydrogen) atoms. The van der Waals surface area contributed by atoms with Gasteiger partial charge in [-0.25, -0.2) is 0 Å². The highest BCUT2D eigenvalue weighted by atomic mass is 32.1. The zero-order valence-electron chi connectivity index (χ0n) is 15.0. The number of thiol groups is 1. The number of hydrogen-bond acceptors (Lipinski definition) is 7. The zero-order chi connectivity index (χ0) is 21.0. The molecule has 3 amide bonds. The molecule has 0 spiro atoms. The van der Waals surface area contributed by atoms with Crippen LogP contribution in [0.4, 0.5) is 0 Å². The Morgan fingerprint density at radius 2 is 1.67 bits per heavy atom. The topological polar surface area (TPSA) is 215 Å². The summed E-state index contributed by atoms with van der Waals surface area (Å²) >= 11 is 3.98. The van der Waals surface area contributed by atoms with Crippen molar-refractivity contribution in [3.05, 3.63) is 0 Å². The Labute approximate surface area is 162 Å². The third-order valence-electron chi connectivity index (χ3n) is 3.22. The molecular weight excluding hydrogens is 378 g/mol. The number of carboxylic acid groups (broad SMARTS) is 1. The summed E-state index contributed by atoms with van der Waals surface area (Å²) in [5.41, 5.74) is 15.9. The first-order valence-electron chi connectivity index (χ1n) is 8.10. The average Bonchev–Trinajstić information content (AvgIpc) is 2.59. The van der Waals surface area contributed by atoms with Crippen LogP contribution in [0.3, 0.4) is 0 Å². The molecule has 0 bridgehead atoms. The van der Waals surface area contributed by atoms with Crippen molar-refractivity contribution < 1.29 is 24.3 Å². The molecule has 0 radical (unpaired) electrons. The van der Waals surface area contributed by atoms with E-state index in [-0.39, 0.29) is 24.7 Å². The second-order valence-corrected chi connectivity index (χ2v) is 6.02. The van der Waals surface area contributed by atoms with E-state index in [9.17, 15) is 19.2 Å². The van der Waals surface area contributed by atoms with Gasteiger partial charge in [-0.2, -0.15) is 12.6 Å². The number of carbonyl (C=O) groups excluding carboxylic acids is 3. The summed E-state index contributed by atoms with van der Waals surface area (Å²) in [6, 6.07) is -2.89. The van der Waals surface area contributed by atoms with Gasteiger partial charge in [0.15, 0.2) is 5.96 Å². The summed E-state index contributed by atoms with van der Waals surface area (Å²) in [5, 5.41) is 15.6. The highest BCUT2D eigenvalue weighted by molar-refractivity contribution is 7.80. The van der Waals surface area contributed by atoms with Crippen LogP contribution in [0.15, 0.2) is 4.99 Å². The maximum atomic E-state index is 12.5. The number of aliphatic imine (C=N–C) groups is 1. The van der Waals surface area contributed by atoms with Gasteiger partial charge in [0.1, 0.15) is 18.6 Å². The van der Waals surface area contributed by atoms with Crippen molar-refractivity contribution in [2.45, 2.75) is 37.9 Å². The molecule has 0 saturated heterocycles. The molecule has 0 aliphatic rings. The summed E-state index contributed by atoms with van der Waals surface area (Å²) < 4.78 is 0. The SMILES string of the molecule is CC(N)C(=O)NC(CCCN=C(N)N)C(=O)NC(CS)C(=O)NCC(=O)O. The lowest BCUT2D eigenvalue weighted by molar-refractivity contribution is -0.138. The van der Waals surface area contributed by atoms with Crippen LogP contribution in [0, 0.1) is 0 Å². The predicted molar refractivity (Wildman–Crippen MR) is 102 cm³/mol. The lowest BCUT2D eigenvalue weighted by Gasteiger charge is -2.22. The van der Waals surface area contributed by atoms with Crippen LogP contribution in [0.1, 0.15) is 19.8 Å². The Balaban J connectivity index is 4.95. The summed E-state index contributed by atoms with van der Waals surface area (Å²) in [4.78, 5) is 50.5. The Kier molecular flexibility index (Phi) is 11.6. The zero-order valence-corrected chi connectivity index (χ0v) is 15.9. The molecule has 12 nitrogen and oxygen atoms in total. The number of amides is 3. The van der Waals surface area contributed by atoms with Gasteiger partial charge < -0.3 is 38.3 Å². The molecule has 3 atom stereocenters. The van der Waals surface area contributed by atoms with Gasteiger partial charge in [-0.3, -0.25) is 24.2 Å². The van der Waals surface area contributed by atoms with Crippen molar-refractivity contribution >= 4 is 42.3 Å². The van der Waals surface area contributed by atoms with Gasteiger partial charge in [-0.05, 0) is 19.8 Å². The minimum absolute atomic E-state index is 0.0703. The van der Waals surface area contributed by atoms with Gasteiger partial charge in [0.05, 0.1) is 6.04 Å². The molecule has 154 valence electrons. The fraction of sp³-hybridized carbons (Fsp3) is 0.643. The summed E-state index contributed by atoms with van der Waals surface area (Å²) in [5.74, 6) is -3.29. The van der Waals surface area contributed by atoms with Crippen molar-refractivity contribution in [2.75, 3.05) is 18.8 Å². The van der Waals surface area contributed by atoms with Crippen LogP contribution in [0.2, 0.25) is 0 Å². The third kappa shape index (κ3) is 10.9. The number of nitrogens with one attached hydrogen (secondary N) is 3. The smallest absolute Gasteiger partial charge is 0.322 e. The molecule has 0 heterocycles. The Hall–Kier alpha value is -2.54. The number of hydrogen-bond donors (Lipinski definition) is 8. The van der Waals surface area contributed by atoms with Crippen LogP contribution >= 0.6 is 12.6 Å². The van der Waals surface area contributed by atoms with E-state index < -0.39 is 48.4 Å². The molecule has 0 aromatic heterocycles. The highest BCUT2D eigenvalue weighted by Crippen LogP contribution is 2.01. The summed E-state index contributed by atoms with van der Waals surface area (Å²) in [7, 11) is 0. The van der Waals surface area contributed by atoms with Gasteiger partial charge in [0.2, 0.25) is 17.7 Å². The minimum Gasteiger partial charge on any atom is -0.480 e. The van der Waals surface area contributed by atoms with E-state index in [0.717, 1.165) is 0 Å². The van der Waals surface area contributed by atoms with Crippen LogP contribution in [-0.2, 0) is 19.2 Å². The van der Waals surface area contributed by atoms with Crippen molar-refractivity contribution in [3.63, 3.8) is 0 Å². The number of guanidine groups is 1. The fourth-order valence-electron chi connectivity index (χ4n) is 1.83. The number of carbonyl (C=O) groups is 4. The third-order valence-corrected chi connectivity index (χ3v) is 3.59. The summed E-state index contributed by atoms with van der Waals surface area (Å²) in [6.07, 6.45) is 0.573. The molecule has 0 aliphatic heterocycles. The number of aliphatic carboxylic acids is 1. The van der Waals surface area contributed by atoms with Crippen molar-refractivity contribution in [3.8, 4) is 0 Å². The van der Waals surface area contributed by atoms with E-state index in [2.05, 4.69) is 33.6 Å². The largest absolute Gasteiger partial charge is 0.480 e. The Bertz CT molecular complexity index is 566. The molecule has 0 aliphatic carbocycles. The van der Waals surface area contributed by atoms with E-state index in [4.69, 9.17) is 22.3 Å². The average molecular weight is 405 g/mol. The fourth-order valence-corrected chi connectivity index (χ4v) is 2.08. The molecule has 0 aromatic carbocycles. The second kappa shape index (κ2) is 12.8. The monoisotopic (exact) mass is 405 g/mol. The van der Waals surface area contributed by atoms with E-state index in [0.29, 0.717) is 6.42 Å². The van der Waals surface area contributed by atoms with E-state index in [1.807, 2.05) is 0 Å². The standard InChI is InChI=1S/C14H27N7O5S/c1-7(15)11(24)20-8(3-2-4-18-14(16)17)13(26)21-9(6-27)12(25)19-5-10(22)23/h7-9,27H,2-6,15H2,1H3,(H,19,25)(H,20,24)(H,21,26)(H,22,23)(H4,16,17,18). The molecule has 0 fully saturated rings.